The first-order valence-corrected chi connectivity index (χ1v) is 2.69. The Hall–Kier alpha value is -1.85. The van der Waals surface area contributed by atoms with Crippen LogP contribution in [0.2, 0.25) is 0 Å². The van der Waals surface area contributed by atoms with Crippen LogP contribution in [0.5, 0.6) is 0 Å². The Bertz CT molecular complexity index is 184. The fourth-order valence-corrected chi connectivity index (χ4v) is 0.143. The summed E-state index contributed by atoms with van der Waals surface area (Å²) in [6.45, 7) is 1.08. The zero-order chi connectivity index (χ0) is 10.1. The van der Waals surface area contributed by atoms with E-state index in [1.807, 2.05) is 0 Å². The molecule has 0 unspecified atom stereocenters. The molecular formula is C6H8O6. The lowest BCUT2D eigenvalue weighted by Crippen LogP contribution is -1.91. The Morgan fingerprint density at radius 1 is 0.917 bits per heavy atom. The summed E-state index contributed by atoms with van der Waals surface area (Å²) < 4.78 is 0. The van der Waals surface area contributed by atoms with Crippen molar-refractivity contribution in [1.29, 1.82) is 0 Å². The topological polar surface area (TPSA) is 112 Å². The van der Waals surface area contributed by atoms with E-state index in [1.54, 1.807) is 0 Å². The second-order valence-electron chi connectivity index (χ2n) is 1.53. The van der Waals surface area contributed by atoms with Crippen LogP contribution in [0, 0.1) is 0 Å². The molecule has 6 nitrogen and oxygen atoms in total. The van der Waals surface area contributed by atoms with Gasteiger partial charge in [0.25, 0.3) is 5.97 Å². The fraction of sp³-hybridized carbons (Fsp3) is 0.167. The van der Waals surface area contributed by atoms with Crippen LogP contribution >= 0.6 is 0 Å². The van der Waals surface area contributed by atoms with Gasteiger partial charge in [-0.05, 0) is 0 Å². The molecule has 0 bridgehead atoms. The van der Waals surface area contributed by atoms with Gasteiger partial charge in [0.15, 0.2) is 0 Å². The standard InChI is InChI=1S/C4H4O4.C2H4O2/c5-3(6)1-2-4(7)8;1-2(3)4/h1-2H,(H,5,6)(H,7,8);1H3,(H,3,4). The van der Waals surface area contributed by atoms with E-state index >= 15 is 0 Å². The third-order valence-electron chi connectivity index (χ3n) is 0.368. The van der Waals surface area contributed by atoms with Crippen molar-refractivity contribution in [3.05, 3.63) is 12.2 Å². The van der Waals surface area contributed by atoms with Gasteiger partial charge < -0.3 is 15.3 Å². The van der Waals surface area contributed by atoms with E-state index in [9.17, 15) is 9.59 Å². The molecule has 0 fully saturated rings. The van der Waals surface area contributed by atoms with Crippen molar-refractivity contribution in [2.24, 2.45) is 0 Å². The lowest BCUT2D eigenvalue weighted by Gasteiger charge is -1.74. The average Bonchev–Trinajstić information content (AvgIpc) is 1.82. The molecule has 0 radical (unpaired) electrons. The fourth-order valence-electron chi connectivity index (χ4n) is 0.143. The highest BCUT2D eigenvalue weighted by Crippen LogP contribution is 1.70. The summed E-state index contributed by atoms with van der Waals surface area (Å²) in [5.41, 5.74) is 0. The van der Waals surface area contributed by atoms with Crippen molar-refractivity contribution >= 4 is 17.9 Å². The molecule has 0 atom stereocenters. The molecular weight excluding hydrogens is 168 g/mol. The molecule has 12 heavy (non-hydrogen) atoms. The van der Waals surface area contributed by atoms with Crippen molar-refractivity contribution in [1.82, 2.24) is 0 Å². The number of aliphatic carboxylic acids is 3. The van der Waals surface area contributed by atoms with Gasteiger partial charge in [-0.1, -0.05) is 0 Å². The van der Waals surface area contributed by atoms with Gasteiger partial charge in [-0.3, -0.25) is 4.79 Å². The summed E-state index contributed by atoms with van der Waals surface area (Å²) in [4.78, 5) is 28.1. The van der Waals surface area contributed by atoms with Gasteiger partial charge in [0.05, 0.1) is 0 Å². The lowest BCUT2D eigenvalue weighted by molar-refractivity contribution is -0.134. The van der Waals surface area contributed by atoms with Crippen LogP contribution in [0.25, 0.3) is 0 Å². The van der Waals surface area contributed by atoms with Crippen LogP contribution in [-0.2, 0) is 14.4 Å². The molecule has 6 heteroatoms. The molecule has 3 N–H and O–H groups in total. The second kappa shape index (κ2) is 7.26. The minimum atomic E-state index is -1.26. The predicted molar refractivity (Wildman–Crippen MR) is 37.7 cm³/mol. The monoisotopic (exact) mass is 176 g/mol. The summed E-state index contributed by atoms with van der Waals surface area (Å²) in [6.07, 6.45) is 1.12. The summed E-state index contributed by atoms with van der Waals surface area (Å²) in [5, 5.41) is 23.0. The van der Waals surface area contributed by atoms with E-state index in [1.165, 1.54) is 0 Å². The summed E-state index contributed by atoms with van der Waals surface area (Å²) >= 11 is 0. The minimum absolute atomic E-state index is 0.558. The molecule has 0 aliphatic heterocycles. The van der Waals surface area contributed by atoms with Crippen molar-refractivity contribution in [3.63, 3.8) is 0 Å². The maximum absolute atomic E-state index is 9.55. The lowest BCUT2D eigenvalue weighted by atomic mass is 10.5. The number of carboxylic acids is 3. The molecule has 0 spiro atoms. The average molecular weight is 176 g/mol. The molecule has 0 heterocycles. The molecule has 0 aliphatic carbocycles. The molecule has 0 saturated carbocycles. The van der Waals surface area contributed by atoms with E-state index in [0.29, 0.717) is 12.2 Å². The third-order valence-corrected chi connectivity index (χ3v) is 0.368. The van der Waals surface area contributed by atoms with Gasteiger partial charge in [0.1, 0.15) is 0 Å². The van der Waals surface area contributed by atoms with E-state index in [2.05, 4.69) is 0 Å². The number of hydrogen-bond acceptors (Lipinski definition) is 3. The van der Waals surface area contributed by atoms with E-state index in [4.69, 9.17) is 20.1 Å². The summed E-state index contributed by atoms with van der Waals surface area (Å²) in [7, 11) is 0. The Morgan fingerprint density at radius 3 is 1.17 bits per heavy atom. The second-order valence-corrected chi connectivity index (χ2v) is 1.53. The highest BCUT2D eigenvalue weighted by Gasteiger charge is 1.88. The molecule has 0 aromatic carbocycles. The van der Waals surface area contributed by atoms with Crippen molar-refractivity contribution in [2.45, 2.75) is 6.92 Å². The smallest absolute Gasteiger partial charge is 0.328 e. The largest absolute Gasteiger partial charge is 0.481 e. The molecule has 0 amide bonds. The highest BCUT2D eigenvalue weighted by atomic mass is 16.4. The van der Waals surface area contributed by atoms with Gasteiger partial charge in [0, 0.05) is 19.1 Å². The first-order chi connectivity index (χ1) is 5.36. The number of hydrogen-bond donors (Lipinski definition) is 3. The zero-order valence-corrected chi connectivity index (χ0v) is 6.22. The van der Waals surface area contributed by atoms with Crippen LogP contribution in [0.1, 0.15) is 6.92 Å². The molecule has 0 aliphatic rings. The number of carbonyl (C=O) groups is 3. The van der Waals surface area contributed by atoms with Gasteiger partial charge in [0.2, 0.25) is 0 Å². The van der Waals surface area contributed by atoms with Crippen molar-refractivity contribution in [3.8, 4) is 0 Å². The summed E-state index contributed by atoms with van der Waals surface area (Å²) in [5.74, 6) is -3.35. The van der Waals surface area contributed by atoms with Crippen LogP contribution in [0.4, 0.5) is 0 Å². The zero-order valence-electron chi connectivity index (χ0n) is 6.22. The first kappa shape index (κ1) is 12.8. The van der Waals surface area contributed by atoms with Gasteiger partial charge >= 0.3 is 11.9 Å². The normalized spacial score (nSPS) is 8.42. The molecule has 0 rings (SSSR count). The Kier molecular flexibility index (Phi) is 7.74. The van der Waals surface area contributed by atoms with Crippen LogP contribution in [-0.4, -0.2) is 33.2 Å². The Balaban J connectivity index is 0. The van der Waals surface area contributed by atoms with Gasteiger partial charge in [-0.25, -0.2) is 9.59 Å². The minimum Gasteiger partial charge on any atom is -0.481 e. The maximum atomic E-state index is 9.55. The Morgan fingerprint density at radius 2 is 1.08 bits per heavy atom. The van der Waals surface area contributed by atoms with E-state index < -0.39 is 17.9 Å². The SMILES string of the molecule is CC(=O)O.O=C(O)C=CC(=O)O. The maximum Gasteiger partial charge on any atom is 0.328 e. The third kappa shape index (κ3) is 42.0. The van der Waals surface area contributed by atoms with Crippen LogP contribution < -0.4 is 0 Å². The van der Waals surface area contributed by atoms with Gasteiger partial charge in [-0.2, -0.15) is 0 Å². The number of carboxylic acid groups (broad SMARTS) is 3. The highest BCUT2D eigenvalue weighted by molar-refractivity contribution is 5.89. The summed E-state index contributed by atoms with van der Waals surface area (Å²) in [6, 6.07) is 0. The van der Waals surface area contributed by atoms with E-state index in [-0.39, 0.29) is 0 Å². The molecule has 0 aromatic rings. The predicted octanol–water partition coefficient (Wildman–Crippen LogP) is -0.197. The van der Waals surface area contributed by atoms with E-state index in [0.717, 1.165) is 6.92 Å². The first-order valence-electron chi connectivity index (χ1n) is 2.69. The van der Waals surface area contributed by atoms with Gasteiger partial charge in [-0.15, -0.1) is 0 Å². The molecule has 0 aromatic heterocycles. The molecule has 0 saturated heterocycles. The number of rotatable bonds is 2. The molecule has 68 valence electrons. The Labute approximate surface area is 67.7 Å². The van der Waals surface area contributed by atoms with Crippen LogP contribution in [0.3, 0.4) is 0 Å². The van der Waals surface area contributed by atoms with Crippen molar-refractivity contribution < 1.29 is 29.7 Å². The van der Waals surface area contributed by atoms with Crippen LogP contribution in [0.15, 0.2) is 12.2 Å². The quantitative estimate of drug-likeness (QED) is 0.502. The van der Waals surface area contributed by atoms with Crippen molar-refractivity contribution in [2.75, 3.05) is 0 Å².